The van der Waals surface area contributed by atoms with Gasteiger partial charge in [-0.15, -0.1) is 0 Å². The van der Waals surface area contributed by atoms with Crippen molar-refractivity contribution in [2.75, 3.05) is 5.32 Å². The van der Waals surface area contributed by atoms with Gasteiger partial charge in [-0.25, -0.2) is 14.4 Å². The van der Waals surface area contributed by atoms with Crippen LogP contribution in [0.4, 0.5) is 14.5 Å². The second kappa shape index (κ2) is 6.36. The van der Waals surface area contributed by atoms with E-state index >= 15 is 0 Å². The van der Waals surface area contributed by atoms with Crippen molar-refractivity contribution in [3.63, 3.8) is 0 Å². The molecule has 2 N–H and O–H groups in total. The lowest BCUT2D eigenvalue weighted by Crippen LogP contribution is -2.12. The molecule has 0 bridgehead atoms. The summed E-state index contributed by atoms with van der Waals surface area (Å²) >= 11 is 0. The van der Waals surface area contributed by atoms with Gasteiger partial charge in [0.25, 0.3) is 5.91 Å². The highest BCUT2D eigenvalue weighted by molar-refractivity contribution is 6.04. The van der Waals surface area contributed by atoms with E-state index in [1.807, 2.05) is 0 Å². The minimum absolute atomic E-state index is 0.181. The molecule has 0 radical (unpaired) electrons. The zero-order valence-electron chi connectivity index (χ0n) is 13.3. The maximum absolute atomic E-state index is 13.3. The predicted octanol–water partition coefficient (Wildman–Crippen LogP) is 4.16. The molecule has 0 aliphatic rings. The number of aromatic amines is 1. The van der Waals surface area contributed by atoms with Gasteiger partial charge < -0.3 is 10.3 Å². The molecule has 4 aromatic rings. The van der Waals surface area contributed by atoms with Gasteiger partial charge in [-0.05, 0) is 48.5 Å². The van der Waals surface area contributed by atoms with E-state index in [-0.39, 0.29) is 11.4 Å². The second-order valence-corrected chi connectivity index (χ2v) is 5.65. The largest absolute Gasteiger partial charge is 0.338 e. The third-order valence-electron chi connectivity index (χ3n) is 3.85. The van der Waals surface area contributed by atoms with Crippen molar-refractivity contribution >= 4 is 22.6 Å². The van der Waals surface area contributed by atoms with Crippen LogP contribution in [0.1, 0.15) is 10.4 Å². The minimum Gasteiger partial charge on any atom is -0.338 e. The van der Waals surface area contributed by atoms with E-state index in [1.165, 1.54) is 24.4 Å². The molecule has 0 fully saturated rings. The fraction of sp³-hybridized carbons (Fsp3) is 0. The summed E-state index contributed by atoms with van der Waals surface area (Å²) in [6.07, 6.45) is 1.23. The molecule has 1 amide bonds. The van der Waals surface area contributed by atoms with Crippen molar-refractivity contribution in [3.05, 3.63) is 78.1 Å². The van der Waals surface area contributed by atoms with Gasteiger partial charge in [-0.3, -0.25) is 4.79 Å². The standard InChI is InChI=1S/C19H12F2N4O/c20-13-3-6-15-16(10-13)25-18(24-15)11-1-4-14(5-2-11)23-19(26)12-7-8-22-17(21)9-12/h1-10H,(H,23,26)(H,24,25). The monoisotopic (exact) mass is 350 g/mol. The molecule has 0 spiro atoms. The fourth-order valence-corrected chi connectivity index (χ4v) is 2.58. The average molecular weight is 350 g/mol. The molecule has 26 heavy (non-hydrogen) atoms. The number of carbonyl (C=O) groups excluding carboxylic acids is 1. The fourth-order valence-electron chi connectivity index (χ4n) is 2.58. The van der Waals surface area contributed by atoms with Crippen molar-refractivity contribution in [2.45, 2.75) is 0 Å². The van der Waals surface area contributed by atoms with Crippen molar-refractivity contribution in [1.82, 2.24) is 15.0 Å². The topological polar surface area (TPSA) is 70.7 Å². The van der Waals surface area contributed by atoms with Crippen LogP contribution in [0, 0.1) is 11.8 Å². The highest BCUT2D eigenvalue weighted by Crippen LogP contribution is 2.23. The number of hydrogen-bond acceptors (Lipinski definition) is 3. The molecule has 7 heteroatoms. The van der Waals surface area contributed by atoms with Gasteiger partial charge in [0.05, 0.1) is 11.0 Å². The summed E-state index contributed by atoms with van der Waals surface area (Å²) in [7, 11) is 0. The number of carbonyl (C=O) groups is 1. The Morgan fingerprint density at radius 2 is 1.81 bits per heavy atom. The van der Waals surface area contributed by atoms with E-state index < -0.39 is 11.9 Å². The van der Waals surface area contributed by atoms with Gasteiger partial charge in [0.15, 0.2) is 0 Å². The summed E-state index contributed by atoms with van der Waals surface area (Å²) < 4.78 is 26.4. The Morgan fingerprint density at radius 3 is 2.58 bits per heavy atom. The van der Waals surface area contributed by atoms with Gasteiger partial charge in [0, 0.05) is 29.1 Å². The number of nitrogens with zero attached hydrogens (tertiary/aromatic N) is 2. The molecular formula is C19H12F2N4O. The average Bonchev–Trinajstić information content (AvgIpc) is 3.05. The predicted molar refractivity (Wildman–Crippen MR) is 93.6 cm³/mol. The number of rotatable bonds is 3. The van der Waals surface area contributed by atoms with Crippen molar-refractivity contribution in [1.29, 1.82) is 0 Å². The van der Waals surface area contributed by atoms with Crippen LogP contribution in [0.3, 0.4) is 0 Å². The second-order valence-electron chi connectivity index (χ2n) is 5.65. The number of nitrogens with one attached hydrogen (secondary N) is 2. The summed E-state index contributed by atoms with van der Waals surface area (Å²) in [6, 6.07) is 13.8. The number of imidazole rings is 1. The number of halogens is 2. The SMILES string of the molecule is O=C(Nc1ccc(-c2nc3ccc(F)cc3[nH]2)cc1)c1ccnc(F)c1. The van der Waals surface area contributed by atoms with Crippen LogP contribution in [0.2, 0.25) is 0 Å². The summed E-state index contributed by atoms with van der Waals surface area (Å²) in [5, 5.41) is 2.68. The highest BCUT2D eigenvalue weighted by Gasteiger charge is 2.09. The number of hydrogen-bond donors (Lipinski definition) is 2. The smallest absolute Gasteiger partial charge is 0.255 e. The lowest BCUT2D eigenvalue weighted by molar-refractivity contribution is 0.102. The highest BCUT2D eigenvalue weighted by atomic mass is 19.1. The van der Waals surface area contributed by atoms with Crippen molar-refractivity contribution in [3.8, 4) is 11.4 Å². The lowest BCUT2D eigenvalue weighted by atomic mass is 10.2. The lowest BCUT2D eigenvalue weighted by Gasteiger charge is -2.06. The van der Waals surface area contributed by atoms with Crippen LogP contribution >= 0.6 is 0 Å². The molecule has 2 aromatic carbocycles. The molecule has 2 heterocycles. The molecule has 0 saturated heterocycles. The van der Waals surface area contributed by atoms with Crippen LogP contribution in [0.15, 0.2) is 60.8 Å². The van der Waals surface area contributed by atoms with Gasteiger partial charge in [0.2, 0.25) is 5.95 Å². The van der Waals surface area contributed by atoms with E-state index in [4.69, 9.17) is 0 Å². The number of amides is 1. The molecule has 0 saturated carbocycles. The van der Waals surface area contributed by atoms with Crippen molar-refractivity contribution < 1.29 is 13.6 Å². The number of H-pyrrole nitrogens is 1. The van der Waals surface area contributed by atoms with E-state index in [9.17, 15) is 13.6 Å². The van der Waals surface area contributed by atoms with Gasteiger partial charge in [-0.1, -0.05) is 0 Å². The van der Waals surface area contributed by atoms with Gasteiger partial charge >= 0.3 is 0 Å². The van der Waals surface area contributed by atoms with Crippen LogP contribution in [0.25, 0.3) is 22.4 Å². The van der Waals surface area contributed by atoms with E-state index in [0.29, 0.717) is 22.5 Å². The summed E-state index contributed by atoms with van der Waals surface area (Å²) in [5.41, 5.74) is 2.80. The maximum atomic E-state index is 13.3. The Balaban J connectivity index is 1.55. The molecular weight excluding hydrogens is 338 g/mol. The summed E-state index contributed by atoms with van der Waals surface area (Å²) in [6.45, 7) is 0. The number of anilines is 1. The minimum atomic E-state index is -0.714. The third-order valence-corrected chi connectivity index (χ3v) is 3.85. The number of benzene rings is 2. The van der Waals surface area contributed by atoms with E-state index in [1.54, 1.807) is 30.3 Å². The summed E-state index contributed by atoms with van der Waals surface area (Å²) in [5.74, 6) is -0.884. The quantitative estimate of drug-likeness (QED) is 0.545. The molecule has 0 unspecified atom stereocenters. The molecule has 128 valence electrons. The molecule has 0 aliphatic heterocycles. The number of pyridine rings is 1. The Bertz CT molecular complexity index is 1110. The first-order valence-corrected chi connectivity index (χ1v) is 7.77. The zero-order chi connectivity index (χ0) is 18.1. The van der Waals surface area contributed by atoms with Crippen LogP contribution in [-0.4, -0.2) is 20.9 Å². The third kappa shape index (κ3) is 3.14. The van der Waals surface area contributed by atoms with E-state index in [0.717, 1.165) is 11.6 Å². The van der Waals surface area contributed by atoms with Crippen molar-refractivity contribution in [2.24, 2.45) is 0 Å². The molecule has 0 aliphatic carbocycles. The van der Waals surface area contributed by atoms with Gasteiger partial charge in [0.1, 0.15) is 11.6 Å². The Morgan fingerprint density at radius 1 is 1.00 bits per heavy atom. The van der Waals surface area contributed by atoms with Gasteiger partial charge in [-0.2, -0.15) is 4.39 Å². The Labute approximate surface area is 146 Å². The number of aromatic nitrogens is 3. The zero-order valence-corrected chi connectivity index (χ0v) is 13.3. The first-order chi connectivity index (χ1) is 12.6. The molecule has 0 atom stereocenters. The normalized spacial score (nSPS) is 10.8. The van der Waals surface area contributed by atoms with Crippen LogP contribution in [0.5, 0.6) is 0 Å². The van der Waals surface area contributed by atoms with E-state index in [2.05, 4.69) is 20.3 Å². The summed E-state index contributed by atoms with van der Waals surface area (Å²) in [4.78, 5) is 23.0. The van der Waals surface area contributed by atoms with Crippen LogP contribution < -0.4 is 5.32 Å². The molecule has 5 nitrogen and oxygen atoms in total. The Kier molecular flexibility index (Phi) is 3.89. The molecule has 2 aromatic heterocycles. The molecule has 4 rings (SSSR count). The first-order valence-electron chi connectivity index (χ1n) is 7.77. The maximum Gasteiger partial charge on any atom is 0.255 e. The van der Waals surface area contributed by atoms with Crippen LogP contribution in [-0.2, 0) is 0 Å². The Hall–Kier alpha value is -3.61. The first kappa shape index (κ1) is 15.9. The number of fused-ring (bicyclic) bond motifs is 1.